The van der Waals surface area contributed by atoms with Crippen LogP contribution in [0.5, 0.6) is 0 Å². The average Bonchev–Trinajstić information content (AvgIpc) is 2.23. The zero-order valence-electron chi connectivity index (χ0n) is 9.29. The molecule has 16 heavy (non-hydrogen) atoms. The van der Waals surface area contributed by atoms with Crippen LogP contribution in [0.15, 0.2) is 18.2 Å². The molecule has 0 bridgehead atoms. The van der Waals surface area contributed by atoms with Gasteiger partial charge < -0.3 is 16.4 Å². The maximum Gasteiger partial charge on any atom is 0.159 e. The summed E-state index contributed by atoms with van der Waals surface area (Å²) < 4.78 is 25.6. The van der Waals surface area contributed by atoms with Crippen LogP contribution in [0.2, 0.25) is 0 Å². The van der Waals surface area contributed by atoms with Gasteiger partial charge in [0.1, 0.15) is 0 Å². The second kappa shape index (κ2) is 5.89. The summed E-state index contributed by atoms with van der Waals surface area (Å²) in [6.45, 7) is 1.54. The largest absolute Gasteiger partial charge is 0.329 e. The Morgan fingerprint density at radius 3 is 2.56 bits per heavy atom. The van der Waals surface area contributed by atoms with Crippen LogP contribution in [0.25, 0.3) is 0 Å². The molecule has 1 atom stereocenters. The van der Waals surface area contributed by atoms with Gasteiger partial charge in [-0.1, -0.05) is 6.07 Å². The molecule has 4 N–H and O–H groups in total. The number of rotatable bonds is 5. The van der Waals surface area contributed by atoms with Crippen molar-refractivity contribution in [1.82, 2.24) is 4.90 Å². The molecule has 0 saturated carbocycles. The van der Waals surface area contributed by atoms with Crippen LogP contribution in [0, 0.1) is 11.6 Å². The Bertz CT molecular complexity index is 344. The SMILES string of the molecule is CN(Cc1ccc(F)c(F)c1)CC(N)CN. The molecule has 0 aliphatic heterocycles. The molecule has 1 rings (SSSR count). The summed E-state index contributed by atoms with van der Waals surface area (Å²) >= 11 is 0. The van der Waals surface area contributed by atoms with E-state index < -0.39 is 11.6 Å². The van der Waals surface area contributed by atoms with E-state index in [1.165, 1.54) is 6.07 Å². The van der Waals surface area contributed by atoms with E-state index in [1.807, 2.05) is 11.9 Å². The van der Waals surface area contributed by atoms with Crippen molar-refractivity contribution in [3.05, 3.63) is 35.4 Å². The van der Waals surface area contributed by atoms with Crippen molar-refractivity contribution in [2.45, 2.75) is 12.6 Å². The molecule has 1 aromatic rings. The van der Waals surface area contributed by atoms with Crippen LogP contribution in [0.1, 0.15) is 5.56 Å². The highest BCUT2D eigenvalue weighted by atomic mass is 19.2. The van der Waals surface area contributed by atoms with E-state index in [9.17, 15) is 8.78 Å². The third kappa shape index (κ3) is 3.84. The van der Waals surface area contributed by atoms with Crippen LogP contribution >= 0.6 is 0 Å². The third-order valence-electron chi connectivity index (χ3n) is 2.29. The fourth-order valence-electron chi connectivity index (χ4n) is 1.49. The lowest BCUT2D eigenvalue weighted by Crippen LogP contribution is -2.40. The van der Waals surface area contributed by atoms with E-state index >= 15 is 0 Å². The van der Waals surface area contributed by atoms with Gasteiger partial charge in [-0.3, -0.25) is 0 Å². The van der Waals surface area contributed by atoms with Gasteiger partial charge in [0.15, 0.2) is 11.6 Å². The summed E-state index contributed by atoms with van der Waals surface area (Å²) in [6, 6.07) is 3.78. The first-order chi connectivity index (χ1) is 7.52. The third-order valence-corrected chi connectivity index (χ3v) is 2.29. The quantitative estimate of drug-likeness (QED) is 0.780. The summed E-state index contributed by atoms with van der Waals surface area (Å²) in [6.07, 6.45) is 0. The normalized spacial score (nSPS) is 13.1. The maximum atomic E-state index is 12.9. The van der Waals surface area contributed by atoms with Gasteiger partial charge in [-0.25, -0.2) is 8.78 Å². The molecular weight excluding hydrogens is 212 g/mol. The Labute approximate surface area is 94.0 Å². The van der Waals surface area contributed by atoms with Crippen LogP contribution < -0.4 is 11.5 Å². The molecule has 3 nitrogen and oxygen atoms in total. The number of nitrogens with zero attached hydrogens (tertiary/aromatic N) is 1. The standard InChI is InChI=1S/C11H17F2N3/c1-16(7-9(15)5-14)6-8-2-3-10(12)11(13)4-8/h2-4,9H,5-7,14-15H2,1H3. The van der Waals surface area contributed by atoms with E-state index in [1.54, 1.807) is 6.07 Å². The molecule has 0 amide bonds. The van der Waals surface area contributed by atoms with Gasteiger partial charge in [0.05, 0.1) is 0 Å². The van der Waals surface area contributed by atoms with Crippen molar-refractivity contribution in [3.63, 3.8) is 0 Å². The smallest absolute Gasteiger partial charge is 0.159 e. The predicted molar refractivity (Wildman–Crippen MR) is 59.7 cm³/mol. The molecule has 1 aromatic carbocycles. The number of likely N-dealkylation sites (N-methyl/N-ethyl adjacent to an activating group) is 1. The minimum Gasteiger partial charge on any atom is -0.329 e. The highest BCUT2D eigenvalue weighted by molar-refractivity contribution is 5.17. The highest BCUT2D eigenvalue weighted by Crippen LogP contribution is 2.10. The number of hydrogen-bond donors (Lipinski definition) is 2. The van der Waals surface area contributed by atoms with Crippen LogP contribution in [-0.2, 0) is 6.54 Å². The first-order valence-electron chi connectivity index (χ1n) is 5.11. The van der Waals surface area contributed by atoms with Crippen molar-refractivity contribution in [2.24, 2.45) is 11.5 Å². The van der Waals surface area contributed by atoms with E-state index in [0.29, 0.717) is 25.2 Å². The number of halogens is 2. The molecule has 0 saturated heterocycles. The van der Waals surface area contributed by atoms with Gasteiger partial charge in [0, 0.05) is 25.7 Å². The first-order valence-corrected chi connectivity index (χ1v) is 5.11. The second-order valence-electron chi connectivity index (χ2n) is 3.94. The number of hydrogen-bond acceptors (Lipinski definition) is 3. The van der Waals surface area contributed by atoms with Gasteiger partial charge in [-0.2, -0.15) is 0 Å². The molecular formula is C11H17F2N3. The minimum absolute atomic E-state index is 0.102. The lowest BCUT2D eigenvalue weighted by molar-refractivity contribution is 0.304. The van der Waals surface area contributed by atoms with Crippen molar-refractivity contribution < 1.29 is 8.78 Å². The van der Waals surface area contributed by atoms with Crippen molar-refractivity contribution in [2.75, 3.05) is 20.1 Å². The molecule has 0 radical (unpaired) electrons. The summed E-state index contributed by atoms with van der Waals surface area (Å²) in [7, 11) is 1.86. The zero-order valence-corrected chi connectivity index (χ0v) is 9.29. The van der Waals surface area contributed by atoms with Gasteiger partial charge in [0.2, 0.25) is 0 Å². The predicted octanol–water partition coefficient (Wildman–Crippen LogP) is 0.683. The van der Waals surface area contributed by atoms with Gasteiger partial charge in [-0.05, 0) is 24.7 Å². The molecule has 1 unspecified atom stereocenters. The van der Waals surface area contributed by atoms with E-state index in [0.717, 1.165) is 6.07 Å². The molecule has 0 fully saturated rings. The topological polar surface area (TPSA) is 55.3 Å². The summed E-state index contributed by atoms with van der Waals surface area (Å²) in [5, 5.41) is 0. The minimum atomic E-state index is -0.829. The fraction of sp³-hybridized carbons (Fsp3) is 0.455. The summed E-state index contributed by atoms with van der Waals surface area (Å²) in [5.41, 5.74) is 11.8. The second-order valence-corrected chi connectivity index (χ2v) is 3.94. The Hall–Kier alpha value is -1.04. The zero-order chi connectivity index (χ0) is 12.1. The molecule has 0 heterocycles. The van der Waals surface area contributed by atoms with Crippen LogP contribution in [-0.4, -0.2) is 31.1 Å². The lowest BCUT2D eigenvalue weighted by atomic mass is 10.2. The molecule has 0 spiro atoms. The van der Waals surface area contributed by atoms with E-state index in [4.69, 9.17) is 11.5 Å². The highest BCUT2D eigenvalue weighted by Gasteiger charge is 2.07. The van der Waals surface area contributed by atoms with Crippen molar-refractivity contribution in [1.29, 1.82) is 0 Å². The van der Waals surface area contributed by atoms with Crippen molar-refractivity contribution in [3.8, 4) is 0 Å². The van der Waals surface area contributed by atoms with Crippen molar-refractivity contribution >= 4 is 0 Å². The van der Waals surface area contributed by atoms with Gasteiger partial charge in [-0.15, -0.1) is 0 Å². The molecule has 5 heteroatoms. The Morgan fingerprint density at radius 2 is 2.00 bits per heavy atom. The van der Waals surface area contributed by atoms with Crippen LogP contribution in [0.4, 0.5) is 8.78 Å². The number of nitrogens with two attached hydrogens (primary N) is 2. The maximum absolute atomic E-state index is 12.9. The summed E-state index contributed by atoms with van der Waals surface area (Å²) in [5.74, 6) is -1.65. The average molecular weight is 229 g/mol. The Morgan fingerprint density at radius 1 is 1.31 bits per heavy atom. The van der Waals surface area contributed by atoms with Gasteiger partial charge in [0.25, 0.3) is 0 Å². The Kier molecular flexibility index (Phi) is 4.79. The summed E-state index contributed by atoms with van der Waals surface area (Å²) in [4.78, 5) is 1.92. The van der Waals surface area contributed by atoms with E-state index in [2.05, 4.69) is 0 Å². The molecule has 0 aliphatic rings. The lowest BCUT2D eigenvalue weighted by Gasteiger charge is -2.20. The van der Waals surface area contributed by atoms with E-state index in [-0.39, 0.29) is 6.04 Å². The molecule has 0 aliphatic carbocycles. The monoisotopic (exact) mass is 229 g/mol. The molecule has 0 aromatic heterocycles. The van der Waals surface area contributed by atoms with Gasteiger partial charge >= 0.3 is 0 Å². The van der Waals surface area contributed by atoms with Crippen LogP contribution in [0.3, 0.4) is 0 Å². The number of benzene rings is 1. The first kappa shape index (κ1) is 13.0. The Balaban J connectivity index is 2.56. The molecule has 90 valence electrons. The fourth-order valence-corrected chi connectivity index (χ4v) is 1.49.